The molecule has 0 aliphatic heterocycles. The van der Waals surface area contributed by atoms with E-state index in [0.717, 1.165) is 0 Å². The topological polar surface area (TPSA) is 111 Å². The lowest BCUT2D eigenvalue weighted by molar-refractivity contribution is -0.130. The summed E-state index contributed by atoms with van der Waals surface area (Å²) in [6.07, 6.45) is -1.05. The standard InChI is InChI=1S/C18H25N3O4/c1-12(2)18(4,11-19)21-16(23)13(3)25-17(24)14-7-5-6-8-15(14)20-9-10-22/h5-8,12-13,20,22H,9-10H2,1-4H3,(H,21,23)/t13-,18-/m0/s1. The van der Waals surface area contributed by atoms with E-state index in [1.165, 1.54) is 6.92 Å². The van der Waals surface area contributed by atoms with E-state index in [2.05, 4.69) is 16.7 Å². The monoisotopic (exact) mass is 347 g/mol. The molecular formula is C18H25N3O4. The normalized spacial score (nSPS) is 14.1. The molecule has 0 radical (unpaired) electrons. The highest BCUT2D eigenvalue weighted by Crippen LogP contribution is 2.18. The summed E-state index contributed by atoms with van der Waals surface area (Å²) in [5.74, 6) is -1.30. The number of esters is 1. The van der Waals surface area contributed by atoms with Crippen LogP contribution in [0.4, 0.5) is 5.69 Å². The maximum atomic E-state index is 12.3. The zero-order valence-electron chi connectivity index (χ0n) is 15.0. The van der Waals surface area contributed by atoms with Gasteiger partial charge in [0.15, 0.2) is 6.10 Å². The van der Waals surface area contributed by atoms with Gasteiger partial charge in [-0.2, -0.15) is 5.26 Å². The van der Waals surface area contributed by atoms with Crippen molar-refractivity contribution < 1.29 is 19.4 Å². The number of benzene rings is 1. The van der Waals surface area contributed by atoms with Crippen molar-refractivity contribution in [3.63, 3.8) is 0 Å². The zero-order valence-corrected chi connectivity index (χ0v) is 15.0. The average molecular weight is 347 g/mol. The van der Waals surface area contributed by atoms with E-state index in [0.29, 0.717) is 5.69 Å². The van der Waals surface area contributed by atoms with E-state index in [9.17, 15) is 14.9 Å². The summed E-state index contributed by atoms with van der Waals surface area (Å²) in [5, 5.41) is 23.7. The highest BCUT2D eigenvalue weighted by atomic mass is 16.5. The molecule has 2 atom stereocenters. The summed E-state index contributed by atoms with van der Waals surface area (Å²) in [5.41, 5.74) is -0.265. The first-order valence-corrected chi connectivity index (χ1v) is 8.13. The fraction of sp³-hybridized carbons (Fsp3) is 0.500. The summed E-state index contributed by atoms with van der Waals surface area (Å²) in [6.45, 7) is 6.93. The van der Waals surface area contributed by atoms with Crippen LogP contribution in [0.15, 0.2) is 24.3 Å². The predicted octanol–water partition coefficient (Wildman–Crippen LogP) is 1.69. The molecule has 0 bridgehead atoms. The summed E-state index contributed by atoms with van der Waals surface area (Å²) >= 11 is 0. The first kappa shape index (κ1) is 20.5. The fourth-order valence-electron chi connectivity index (χ4n) is 1.94. The lowest BCUT2D eigenvalue weighted by atomic mass is 9.90. The predicted molar refractivity (Wildman–Crippen MR) is 93.9 cm³/mol. The van der Waals surface area contributed by atoms with E-state index in [1.54, 1.807) is 31.2 Å². The van der Waals surface area contributed by atoms with Crippen LogP contribution < -0.4 is 10.6 Å². The van der Waals surface area contributed by atoms with Gasteiger partial charge in [0.05, 0.1) is 18.2 Å². The van der Waals surface area contributed by atoms with Crippen molar-refractivity contribution in [3.05, 3.63) is 29.8 Å². The van der Waals surface area contributed by atoms with Crippen LogP contribution in [0.25, 0.3) is 0 Å². The third-order valence-corrected chi connectivity index (χ3v) is 4.00. The molecule has 0 aliphatic rings. The number of nitrogens with one attached hydrogen (secondary N) is 2. The lowest BCUT2D eigenvalue weighted by Crippen LogP contribution is -2.52. The quantitative estimate of drug-likeness (QED) is 0.617. The number of carbonyl (C=O) groups excluding carboxylic acids is 2. The largest absolute Gasteiger partial charge is 0.449 e. The van der Waals surface area contributed by atoms with Gasteiger partial charge in [0.2, 0.25) is 0 Å². The first-order chi connectivity index (χ1) is 11.7. The van der Waals surface area contributed by atoms with Gasteiger partial charge in [0.25, 0.3) is 5.91 Å². The molecule has 0 saturated heterocycles. The number of para-hydroxylation sites is 1. The maximum Gasteiger partial charge on any atom is 0.341 e. The molecule has 0 fully saturated rings. The third-order valence-electron chi connectivity index (χ3n) is 4.00. The van der Waals surface area contributed by atoms with Gasteiger partial charge in [-0.1, -0.05) is 26.0 Å². The number of carbonyl (C=O) groups is 2. The van der Waals surface area contributed by atoms with Crippen molar-refractivity contribution in [1.82, 2.24) is 5.32 Å². The molecule has 1 amide bonds. The van der Waals surface area contributed by atoms with Crippen molar-refractivity contribution in [2.75, 3.05) is 18.5 Å². The molecular weight excluding hydrogens is 322 g/mol. The number of rotatable bonds is 8. The van der Waals surface area contributed by atoms with E-state index in [1.807, 2.05) is 13.8 Å². The number of nitrogens with zero attached hydrogens (tertiary/aromatic N) is 1. The Morgan fingerprint density at radius 3 is 2.52 bits per heavy atom. The van der Waals surface area contributed by atoms with Gasteiger partial charge in [-0.25, -0.2) is 4.79 Å². The molecule has 7 nitrogen and oxygen atoms in total. The van der Waals surface area contributed by atoms with E-state index < -0.39 is 23.5 Å². The minimum Gasteiger partial charge on any atom is -0.449 e. The minimum atomic E-state index is -1.05. The van der Waals surface area contributed by atoms with Crippen LogP contribution in [-0.4, -0.2) is 41.8 Å². The first-order valence-electron chi connectivity index (χ1n) is 8.13. The molecule has 136 valence electrons. The van der Waals surface area contributed by atoms with Crippen molar-refractivity contribution in [2.45, 2.75) is 39.3 Å². The number of ether oxygens (including phenoxy) is 1. The molecule has 0 saturated carbocycles. The average Bonchev–Trinajstić information content (AvgIpc) is 2.59. The number of hydrogen-bond acceptors (Lipinski definition) is 6. The molecule has 3 N–H and O–H groups in total. The van der Waals surface area contributed by atoms with Gasteiger partial charge < -0.3 is 20.5 Å². The van der Waals surface area contributed by atoms with E-state index in [4.69, 9.17) is 9.84 Å². The number of hydrogen-bond donors (Lipinski definition) is 3. The second kappa shape index (κ2) is 9.04. The summed E-state index contributed by atoms with van der Waals surface area (Å²) < 4.78 is 5.23. The molecule has 1 rings (SSSR count). The Bertz CT molecular complexity index is 654. The van der Waals surface area contributed by atoms with Crippen molar-refractivity contribution in [1.29, 1.82) is 5.26 Å². The van der Waals surface area contributed by atoms with Crippen LogP contribution in [0.2, 0.25) is 0 Å². The van der Waals surface area contributed by atoms with Crippen LogP contribution in [0.1, 0.15) is 38.1 Å². The maximum absolute atomic E-state index is 12.3. The Hall–Kier alpha value is -2.59. The van der Waals surface area contributed by atoms with Gasteiger partial charge in [0, 0.05) is 12.2 Å². The van der Waals surface area contributed by atoms with Gasteiger partial charge in [-0.3, -0.25) is 4.79 Å². The zero-order chi connectivity index (χ0) is 19.0. The second-order valence-corrected chi connectivity index (χ2v) is 6.20. The molecule has 0 aromatic heterocycles. The summed E-state index contributed by atoms with van der Waals surface area (Å²) in [7, 11) is 0. The Morgan fingerprint density at radius 1 is 1.32 bits per heavy atom. The van der Waals surface area contributed by atoms with Gasteiger partial charge in [-0.15, -0.1) is 0 Å². The van der Waals surface area contributed by atoms with Crippen LogP contribution >= 0.6 is 0 Å². The molecule has 1 aromatic rings. The molecule has 7 heteroatoms. The highest BCUT2D eigenvalue weighted by molar-refractivity contribution is 5.97. The molecule has 1 aromatic carbocycles. The lowest BCUT2D eigenvalue weighted by Gasteiger charge is -2.28. The van der Waals surface area contributed by atoms with Crippen LogP contribution in [0.3, 0.4) is 0 Å². The molecule has 25 heavy (non-hydrogen) atoms. The molecule has 0 aliphatic carbocycles. The Morgan fingerprint density at radius 2 is 1.96 bits per heavy atom. The Kier molecular flexibility index (Phi) is 7.40. The summed E-state index contributed by atoms with van der Waals surface area (Å²) in [6, 6.07) is 8.75. The van der Waals surface area contributed by atoms with Gasteiger partial charge in [-0.05, 0) is 31.9 Å². The number of anilines is 1. The highest BCUT2D eigenvalue weighted by Gasteiger charge is 2.32. The number of nitriles is 1. The fourth-order valence-corrected chi connectivity index (χ4v) is 1.94. The number of aliphatic hydroxyl groups is 1. The van der Waals surface area contributed by atoms with Crippen molar-refractivity contribution in [2.24, 2.45) is 5.92 Å². The van der Waals surface area contributed by atoms with Crippen LogP contribution in [-0.2, 0) is 9.53 Å². The van der Waals surface area contributed by atoms with Crippen molar-refractivity contribution >= 4 is 17.6 Å². The van der Waals surface area contributed by atoms with Crippen LogP contribution in [0, 0.1) is 17.2 Å². The van der Waals surface area contributed by atoms with E-state index in [-0.39, 0.29) is 24.6 Å². The Balaban J connectivity index is 2.80. The van der Waals surface area contributed by atoms with Gasteiger partial charge >= 0.3 is 5.97 Å². The van der Waals surface area contributed by atoms with Crippen molar-refractivity contribution in [3.8, 4) is 6.07 Å². The number of amides is 1. The van der Waals surface area contributed by atoms with E-state index >= 15 is 0 Å². The molecule has 0 spiro atoms. The van der Waals surface area contributed by atoms with Crippen LogP contribution in [0.5, 0.6) is 0 Å². The minimum absolute atomic E-state index is 0.0792. The smallest absolute Gasteiger partial charge is 0.341 e. The van der Waals surface area contributed by atoms with Gasteiger partial charge in [0.1, 0.15) is 5.54 Å². The second-order valence-electron chi connectivity index (χ2n) is 6.20. The third kappa shape index (κ3) is 5.47. The summed E-state index contributed by atoms with van der Waals surface area (Å²) in [4.78, 5) is 24.6. The Labute approximate surface area is 148 Å². The molecule has 0 heterocycles. The SMILES string of the molecule is CC(C)[C@](C)(C#N)NC(=O)[C@H](C)OC(=O)c1ccccc1NCCO. The molecule has 0 unspecified atom stereocenters. The number of aliphatic hydroxyl groups excluding tert-OH is 1.